The Labute approximate surface area is 91.4 Å². The molecule has 1 aliphatic rings. The summed E-state index contributed by atoms with van der Waals surface area (Å²) >= 11 is 0. The third-order valence-electron chi connectivity index (χ3n) is 3.13. The van der Waals surface area contributed by atoms with E-state index in [4.69, 9.17) is 10.8 Å². The van der Waals surface area contributed by atoms with E-state index < -0.39 is 5.97 Å². The van der Waals surface area contributed by atoms with Crippen molar-refractivity contribution in [3.63, 3.8) is 0 Å². The van der Waals surface area contributed by atoms with Gasteiger partial charge in [-0.3, -0.25) is 9.69 Å². The number of unbranched alkanes of at least 4 members (excludes halogenated alkanes) is 1. The van der Waals surface area contributed by atoms with Gasteiger partial charge in [-0.1, -0.05) is 19.8 Å². The molecule has 0 bridgehead atoms. The van der Waals surface area contributed by atoms with Crippen LogP contribution in [0.1, 0.15) is 39.0 Å². The number of nitrogens with zero attached hydrogens (tertiary/aromatic N) is 1. The Hall–Kier alpha value is -0.610. The van der Waals surface area contributed by atoms with Crippen LogP contribution in [0.15, 0.2) is 0 Å². The Balaban J connectivity index is 2.44. The van der Waals surface area contributed by atoms with Gasteiger partial charge in [0, 0.05) is 19.1 Å². The van der Waals surface area contributed by atoms with E-state index >= 15 is 0 Å². The lowest BCUT2D eigenvalue weighted by atomic mass is 10.0. The SMILES string of the molecule is CCCCC(C(=O)O)N1CCC(N)CC1. The fraction of sp³-hybridized carbons (Fsp3) is 0.909. The fourth-order valence-corrected chi connectivity index (χ4v) is 2.09. The molecule has 1 saturated heterocycles. The molecule has 1 unspecified atom stereocenters. The molecule has 0 aromatic heterocycles. The second-order valence-corrected chi connectivity index (χ2v) is 4.37. The van der Waals surface area contributed by atoms with Crippen LogP contribution in [0.2, 0.25) is 0 Å². The van der Waals surface area contributed by atoms with E-state index in [2.05, 4.69) is 11.8 Å². The first kappa shape index (κ1) is 12.5. The Kier molecular flexibility index (Phi) is 5.05. The van der Waals surface area contributed by atoms with Crippen molar-refractivity contribution in [1.82, 2.24) is 4.90 Å². The number of carboxylic acids is 1. The molecular formula is C11H22N2O2. The number of aliphatic carboxylic acids is 1. The predicted molar refractivity (Wildman–Crippen MR) is 59.7 cm³/mol. The van der Waals surface area contributed by atoms with Gasteiger partial charge in [0.05, 0.1) is 0 Å². The third-order valence-corrected chi connectivity index (χ3v) is 3.13. The maximum Gasteiger partial charge on any atom is 0.320 e. The highest BCUT2D eigenvalue weighted by atomic mass is 16.4. The minimum Gasteiger partial charge on any atom is -0.480 e. The van der Waals surface area contributed by atoms with Crippen LogP contribution in [0.25, 0.3) is 0 Å². The molecule has 1 atom stereocenters. The first-order chi connectivity index (χ1) is 7.15. The highest BCUT2D eigenvalue weighted by Crippen LogP contribution is 2.16. The molecule has 0 spiro atoms. The number of likely N-dealkylation sites (tertiary alicyclic amines) is 1. The Morgan fingerprint density at radius 2 is 2.13 bits per heavy atom. The summed E-state index contributed by atoms with van der Waals surface area (Å²) in [5, 5.41) is 9.15. The minimum absolute atomic E-state index is 0.266. The summed E-state index contributed by atoms with van der Waals surface area (Å²) in [4.78, 5) is 13.2. The topological polar surface area (TPSA) is 66.6 Å². The molecule has 0 saturated carbocycles. The van der Waals surface area contributed by atoms with E-state index in [-0.39, 0.29) is 12.1 Å². The predicted octanol–water partition coefficient (Wildman–Crippen LogP) is 1.05. The van der Waals surface area contributed by atoms with Gasteiger partial charge in [0.2, 0.25) is 0 Å². The van der Waals surface area contributed by atoms with Crippen molar-refractivity contribution in [3.05, 3.63) is 0 Å². The van der Waals surface area contributed by atoms with Gasteiger partial charge in [0.1, 0.15) is 6.04 Å². The molecule has 3 N–H and O–H groups in total. The fourth-order valence-electron chi connectivity index (χ4n) is 2.09. The molecule has 15 heavy (non-hydrogen) atoms. The van der Waals surface area contributed by atoms with Crippen LogP contribution in [0.4, 0.5) is 0 Å². The summed E-state index contributed by atoms with van der Waals surface area (Å²) in [5.74, 6) is -0.682. The first-order valence-corrected chi connectivity index (χ1v) is 5.87. The van der Waals surface area contributed by atoms with Crippen molar-refractivity contribution >= 4 is 5.97 Å². The Morgan fingerprint density at radius 3 is 2.60 bits per heavy atom. The minimum atomic E-state index is -0.682. The number of piperidine rings is 1. The zero-order valence-electron chi connectivity index (χ0n) is 9.48. The van der Waals surface area contributed by atoms with E-state index in [9.17, 15) is 4.79 Å². The second-order valence-electron chi connectivity index (χ2n) is 4.37. The van der Waals surface area contributed by atoms with Gasteiger partial charge in [-0.05, 0) is 19.3 Å². The number of hydrogen-bond acceptors (Lipinski definition) is 3. The third kappa shape index (κ3) is 3.80. The van der Waals surface area contributed by atoms with Crippen molar-refractivity contribution in [3.8, 4) is 0 Å². The first-order valence-electron chi connectivity index (χ1n) is 5.87. The monoisotopic (exact) mass is 214 g/mol. The lowest BCUT2D eigenvalue weighted by molar-refractivity contribution is -0.144. The molecule has 0 radical (unpaired) electrons. The van der Waals surface area contributed by atoms with Crippen LogP contribution in [-0.2, 0) is 4.79 Å². The average Bonchev–Trinajstić information content (AvgIpc) is 2.21. The number of rotatable bonds is 5. The van der Waals surface area contributed by atoms with Crippen molar-refractivity contribution < 1.29 is 9.90 Å². The van der Waals surface area contributed by atoms with Crippen LogP contribution in [0.3, 0.4) is 0 Å². The van der Waals surface area contributed by atoms with E-state index in [1.54, 1.807) is 0 Å². The summed E-state index contributed by atoms with van der Waals surface area (Å²) in [5.41, 5.74) is 5.80. The highest BCUT2D eigenvalue weighted by molar-refractivity contribution is 5.73. The van der Waals surface area contributed by atoms with Crippen molar-refractivity contribution in [1.29, 1.82) is 0 Å². The van der Waals surface area contributed by atoms with E-state index in [0.717, 1.165) is 45.2 Å². The number of carboxylic acid groups (broad SMARTS) is 1. The lowest BCUT2D eigenvalue weighted by Gasteiger charge is -2.34. The van der Waals surface area contributed by atoms with Gasteiger partial charge in [-0.25, -0.2) is 0 Å². The molecule has 4 nitrogen and oxygen atoms in total. The number of hydrogen-bond donors (Lipinski definition) is 2. The molecule has 0 aliphatic carbocycles. The maximum absolute atomic E-state index is 11.1. The molecule has 0 aromatic carbocycles. The van der Waals surface area contributed by atoms with Crippen molar-refractivity contribution in [2.45, 2.75) is 51.1 Å². The molecule has 1 heterocycles. The smallest absolute Gasteiger partial charge is 0.320 e. The van der Waals surface area contributed by atoms with Crippen LogP contribution in [0, 0.1) is 0 Å². The molecule has 1 aliphatic heterocycles. The standard InChI is InChI=1S/C11H22N2O2/c1-2-3-4-10(11(14)15)13-7-5-9(12)6-8-13/h9-10H,2-8,12H2,1H3,(H,14,15). The summed E-state index contributed by atoms with van der Waals surface area (Å²) in [7, 11) is 0. The van der Waals surface area contributed by atoms with Gasteiger partial charge in [-0.2, -0.15) is 0 Å². The van der Waals surface area contributed by atoms with Crippen LogP contribution >= 0.6 is 0 Å². The molecule has 4 heteroatoms. The lowest BCUT2D eigenvalue weighted by Crippen LogP contribution is -2.48. The van der Waals surface area contributed by atoms with E-state index in [0.29, 0.717) is 0 Å². The van der Waals surface area contributed by atoms with Crippen molar-refractivity contribution in [2.75, 3.05) is 13.1 Å². The summed E-state index contributed by atoms with van der Waals surface area (Å²) in [6, 6.07) is -0.0284. The molecule has 0 aromatic rings. The molecule has 88 valence electrons. The normalized spacial score (nSPS) is 21.5. The van der Waals surface area contributed by atoms with Gasteiger partial charge in [0.15, 0.2) is 0 Å². The molecule has 1 fully saturated rings. The zero-order chi connectivity index (χ0) is 11.3. The van der Waals surface area contributed by atoms with Crippen LogP contribution in [-0.4, -0.2) is 41.1 Å². The molecular weight excluding hydrogens is 192 g/mol. The molecule has 1 rings (SSSR count). The van der Waals surface area contributed by atoms with Crippen molar-refractivity contribution in [2.24, 2.45) is 5.73 Å². The number of nitrogens with two attached hydrogens (primary N) is 1. The Morgan fingerprint density at radius 1 is 1.53 bits per heavy atom. The quantitative estimate of drug-likeness (QED) is 0.718. The van der Waals surface area contributed by atoms with E-state index in [1.165, 1.54) is 0 Å². The van der Waals surface area contributed by atoms with Gasteiger partial charge in [0.25, 0.3) is 0 Å². The van der Waals surface area contributed by atoms with Crippen LogP contribution in [0.5, 0.6) is 0 Å². The van der Waals surface area contributed by atoms with E-state index in [1.807, 2.05) is 0 Å². The Bertz CT molecular complexity index is 201. The van der Waals surface area contributed by atoms with Gasteiger partial charge >= 0.3 is 5.97 Å². The summed E-state index contributed by atoms with van der Waals surface area (Å²) in [6.07, 6.45) is 4.66. The van der Waals surface area contributed by atoms with Gasteiger partial charge in [-0.15, -0.1) is 0 Å². The van der Waals surface area contributed by atoms with Gasteiger partial charge < -0.3 is 10.8 Å². The molecule has 0 amide bonds. The maximum atomic E-state index is 11.1. The highest BCUT2D eigenvalue weighted by Gasteiger charge is 2.27. The number of carbonyl (C=O) groups is 1. The largest absolute Gasteiger partial charge is 0.480 e. The summed E-state index contributed by atoms with van der Waals surface area (Å²) < 4.78 is 0. The zero-order valence-corrected chi connectivity index (χ0v) is 9.48. The summed E-state index contributed by atoms with van der Waals surface area (Å²) in [6.45, 7) is 3.76. The average molecular weight is 214 g/mol. The van der Waals surface area contributed by atoms with Crippen LogP contribution < -0.4 is 5.73 Å². The second kappa shape index (κ2) is 6.08.